The maximum Gasteiger partial charge on any atom is 0.455 e. The molecule has 0 saturated carbocycles. The molecule has 0 heterocycles. The molecule has 0 saturated heterocycles. The summed E-state index contributed by atoms with van der Waals surface area (Å²) in [4.78, 5) is 0. The summed E-state index contributed by atoms with van der Waals surface area (Å²) in [5, 5.41) is 0. The van der Waals surface area contributed by atoms with Crippen molar-refractivity contribution in [2.24, 2.45) is 0 Å². The molecule has 0 radical (unpaired) electrons. The van der Waals surface area contributed by atoms with Gasteiger partial charge in [0, 0.05) is 0 Å². The van der Waals surface area contributed by atoms with Gasteiger partial charge in [-0.25, -0.2) is 4.39 Å². The second-order valence-electron chi connectivity index (χ2n) is 1.56. The largest absolute Gasteiger partial charge is 0.471 e. The van der Waals surface area contributed by atoms with Gasteiger partial charge in [-0.2, -0.15) is 17.6 Å². The molecule has 0 N–H and O–H groups in total. The van der Waals surface area contributed by atoms with Crippen LogP contribution in [-0.4, -0.2) is 20.1 Å². The van der Waals surface area contributed by atoms with Gasteiger partial charge in [-0.05, 0) is 0 Å². The maximum absolute atomic E-state index is 12.1. The molecule has 7 heteroatoms. The second kappa shape index (κ2) is 4.13. The number of alkyl halides is 4. The van der Waals surface area contributed by atoms with E-state index in [2.05, 4.69) is 9.47 Å². The first-order valence-electron chi connectivity index (χ1n) is 2.63. The Bertz CT molecular complexity index is 173. The van der Waals surface area contributed by atoms with Crippen LogP contribution in [0.4, 0.5) is 22.0 Å². The van der Waals surface area contributed by atoms with E-state index in [1.165, 1.54) is 0 Å². The Morgan fingerprint density at radius 1 is 1.33 bits per heavy atom. The third-order valence-electron chi connectivity index (χ3n) is 0.814. The van der Waals surface area contributed by atoms with E-state index < -0.39 is 24.8 Å². The maximum atomic E-state index is 12.1. The summed E-state index contributed by atoms with van der Waals surface area (Å²) in [5.41, 5.74) is 0. The predicted octanol–water partition coefficient (Wildman–Crippen LogP) is 2.28. The monoisotopic (exact) mass is 192 g/mol. The highest BCUT2D eigenvalue weighted by atomic mass is 19.4. The fraction of sp³-hybridized carbons (Fsp3) is 0.600. The molecule has 0 fully saturated rings. The zero-order valence-electron chi connectivity index (χ0n) is 5.91. The Labute approximate surface area is 64.6 Å². The van der Waals surface area contributed by atoms with Gasteiger partial charge in [0.25, 0.3) is 5.76 Å². The van der Waals surface area contributed by atoms with Crippen LogP contribution >= 0.6 is 0 Å². The first-order valence-corrected chi connectivity index (χ1v) is 2.63. The molecule has 0 bridgehead atoms. The summed E-state index contributed by atoms with van der Waals surface area (Å²) < 4.78 is 65.4. The minimum Gasteiger partial charge on any atom is -0.471 e. The Hall–Kier alpha value is -1.01. The third kappa shape index (κ3) is 2.93. The molecular weight excluding hydrogens is 187 g/mol. The summed E-state index contributed by atoms with van der Waals surface area (Å²) >= 11 is 0. The minimum absolute atomic E-state index is 0.669. The molecule has 0 atom stereocenters. The van der Waals surface area contributed by atoms with Gasteiger partial charge in [-0.15, -0.1) is 0 Å². The van der Waals surface area contributed by atoms with Crippen LogP contribution in [0.25, 0.3) is 0 Å². The van der Waals surface area contributed by atoms with Crippen molar-refractivity contribution >= 4 is 0 Å². The molecular formula is C5H5F5O2. The topological polar surface area (TPSA) is 18.5 Å². The summed E-state index contributed by atoms with van der Waals surface area (Å²) in [6.07, 6.45) is -5.09. The predicted molar refractivity (Wildman–Crippen MR) is 28.3 cm³/mol. The van der Waals surface area contributed by atoms with Gasteiger partial charge in [-0.3, -0.25) is 0 Å². The van der Waals surface area contributed by atoms with E-state index in [0.717, 1.165) is 0 Å². The standard InChI is InChI=1S/C5H5F5O2/c1-11-4(7)3(12-2-6)5(8,9)10/h2H2,1H3/b4-3-. The van der Waals surface area contributed by atoms with Crippen molar-refractivity contribution < 1.29 is 31.4 Å². The quantitative estimate of drug-likeness (QED) is 0.504. The smallest absolute Gasteiger partial charge is 0.455 e. The van der Waals surface area contributed by atoms with E-state index in [-0.39, 0.29) is 0 Å². The molecule has 0 spiro atoms. The Morgan fingerprint density at radius 3 is 2.08 bits per heavy atom. The third-order valence-corrected chi connectivity index (χ3v) is 0.814. The molecule has 0 aromatic carbocycles. The lowest BCUT2D eigenvalue weighted by atomic mass is 10.5. The molecule has 0 aliphatic carbocycles. The number of rotatable bonds is 3. The van der Waals surface area contributed by atoms with Gasteiger partial charge >= 0.3 is 12.2 Å². The zero-order valence-corrected chi connectivity index (χ0v) is 5.91. The number of methoxy groups -OCH3 is 1. The highest BCUT2D eigenvalue weighted by Gasteiger charge is 2.40. The number of hydrogen-bond donors (Lipinski definition) is 0. The van der Waals surface area contributed by atoms with Crippen LogP contribution in [0.1, 0.15) is 0 Å². The molecule has 12 heavy (non-hydrogen) atoms. The Morgan fingerprint density at radius 2 is 1.83 bits per heavy atom. The van der Waals surface area contributed by atoms with Crippen molar-refractivity contribution in [1.82, 2.24) is 0 Å². The molecule has 0 aromatic rings. The van der Waals surface area contributed by atoms with Crippen molar-refractivity contribution in [3.05, 3.63) is 11.8 Å². The molecule has 0 aliphatic rings. The van der Waals surface area contributed by atoms with Gasteiger partial charge in [-0.1, -0.05) is 0 Å². The fourth-order valence-electron chi connectivity index (χ4n) is 0.397. The van der Waals surface area contributed by atoms with Crippen LogP contribution in [-0.2, 0) is 9.47 Å². The van der Waals surface area contributed by atoms with Crippen LogP contribution in [0.2, 0.25) is 0 Å². The molecule has 0 rings (SSSR count). The van der Waals surface area contributed by atoms with E-state index in [1.54, 1.807) is 0 Å². The van der Waals surface area contributed by atoms with E-state index in [4.69, 9.17) is 0 Å². The lowest BCUT2D eigenvalue weighted by molar-refractivity contribution is -0.146. The number of halogens is 5. The minimum atomic E-state index is -5.09. The van der Waals surface area contributed by atoms with Crippen molar-refractivity contribution in [1.29, 1.82) is 0 Å². The first-order chi connectivity index (χ1) is 5.43. The lowest BCUT2D eigenvalue weighted by Gasteiger charge is -2.10. The fourth-order valence-corrected chi connectivity index (χ4v) is 0.397. The van der Waals surface area contributed by atoms with Gasteiger partial charge in [0.1, 0.15) is 0 Å². The average Bonchev–Trinajstić information content (AvgIpc) is 1.96. The van der Waals surface area contributed by atoms with Crippen LogP contribution < -0.4 is 0 Å². The number of ether oxygens (including phenoxy) is 2. The molecule has 72 valence electrons. The Kier molecular flexibility index (Phi) is 3.78. The van der Waals surface area contributed by atoms with Crippen molar-refractivity contribution in [2.45, 2.75) is 6.18 Å². The normalized spacial score (nSPS) is 13.8. The molecule has 2 nitrogen and oxygen atoms in total. The van der Waals surface area contributed by atoms with Crippen LogP contribution in [0.5, 0.6) is 0 Å². The second-order valence-corrected chi connectivity index (χ2v) is 1.56. The van der Waals surface area contributed by atoms with E-state index in [9.17, 15) is 22.0 Å². The van der Waals surface area contributed by atoms with Gasteiger partial charge in [0.15, 0.2) is 0 Å². The lowest BCUT2D eigenvalue weighted by Crippen LogP contribution is -2.16. The summed E-state index contributed by atoms with van der Waals surface area (Å²) in [6, 6.07) is -2.00. The summed E-state index contributed by atoms with van der Waals surface area (Å²) in [5.74, 6) is -2.10. The molecule has 0 aromatic heterocycles. The van der Waals surface area contributed by atoms with Crippen LogP contribution in [0.3, 0.4) is 0 Å². The van der Waals surface area contributed by atoms with E-state index in [1.807, 2.05) is 0 Å². The highest BCUT2D eigenvalue weighted by molar-refractivity contribution is 5.01. The zero-order chi connectivity index (χ0) is 9.78. The average molecular weight is 192 g/mol. The molecule has 0 aliphatic heterocycles. The summed E-state index contributed by atoms with van der Waals surface area (Å²) in [6.45, 7) is -1.77. The Balaban J connectivity index is 4.66. The van der Waals surface area contributed by atoms with E-state index in [0.29, 0.717) is 7.11 Å². The SMILES string of the molecule is CO/C(F)=C(\OCF)C(F)(F)F. The van der Waals surface area contributed by atoms with Crippen molar-refractivity contribution in [3.8, 4) is 0 Å². The molecule has 0 amide bonds. The number of allylic oxidation sites excluding steroid dienone is 1. The molecule has 0 unspecified atom stereocenters. The van der Waals surface area contributed by atoms with Crippen molar-refractivity contribution in [2.75, 3.05) is 14.0 Å². The van der Waals surface area contributed by atoms with Gasteiger partial charge in [0.2, 0.25) is 6.86 Å². The van der Waals surface area contributed by atoms with Gasteiger partial charge in [0.05, 0.1) is 7.11 Å². The highest BCUT2D eigenvalue weighted by Crippen LogP contribution is 2.29. The first kappa shape index (κ1) is 11.0. The number of hydrogen-bond acceptors (Lipinski definition) is 2. The van der Waals surface area contributed by atoms with Crippen LogP contribution in [0, 0.1) is 0 Å². The summed E-state index contributed by atoms with van der Waals surface area (Å²) in [7, 11) is 0.669. The van der Waals surface area contributed by atoms with Crippen LogP contribution in [0.15, 0.2) is 11.8 Å². The van der Waals surface area contributed by atoms with Gasteiger partial charge < -0.3 is 9.47 Å². The van der Waals surface area contributed by atoms with Crippen molar-refractivity contribution in [3.63, 3.8) is 0 Å². The van der Waals surface area contributed by atoms with E-state index >= 15 is 0 Å².